The molecule has 1 atom stereocenters. The van der Waals surface area contributed by atoms with E-state index in [0.717, 1.165) is 10.6 Å². The largest absolute Gasteiger partial charge is 0.351 e. The fourth-order valence-corrected chi connectivity index (χ4v) is 2.87. The average molecular weight is 264 g/mol. The van der Waals surface area contributed by atoms with Gasteiger partial charge in [0, 0.05) is 25.4 Å². The van der Waals surface area contributed by atoms with Crippen molar-refractivity contribution in [2.75, 3.05) is 0 Å². The maximum Gasteiger partial charge on any atom is 0.243 e. The van der Waals surface area contributed by atoms with Crippen LogP contribution < -0.4 is 0 Å². The molecule has 1 saturated carbocycles. The van der Waals surface area contributed by atoms with Gasteiger partial charge in [-0.3, -0.25) is 10.0 Å². The number of carbonyl (C=O) groups excluding carboxylic acids is 1. The summed E-state index contributed by atoms with van der Waals surface area (Å²) in [6, 6.07) is 2.29. The molecule has 0 saturated heterocycles. The van der Waals surface area contributed by atoms with E-state index in [4.69, 9.17) is 0 Å². The summed E-state index contributed by atoms with van der Waals surface area (Å²) >= 11 is 0. The molecule has 1 aromatic heterocycles. The van der Waals surface area contributed by atoms with Gasteiger partial charge in [-0.25, -0.2) is 5.06 Å². The normalized spacial score (nSPS) is 18.9. The van der Waals surface area contributed by atoms with Crippen LogP contribution in [0.2, 0.25) is 0 Å². The van der Waals surface area contributed by atoms with Gasteiger partial charge in [-0.05, 0) is 31.4 Å². The third-order valence-electron chi connectivity index (χ3n) is 4.16. The van der Waals surface area contributed by atoms with Crippen molar-refractivity contribution in [3.8, 4) is 0 Å². The fourth-order valence-electron chi connectivity index (χ4n) is 2.87. The smallest absolute Gasteiger partial charge is 0.243 e. The Morgan fingerprint density at radius 3 is 2.58 bits per heavy atom. The Hall–Kier alpha value is -1.29. The highest BCUT2D eigenvalue weighted by Crippen LogP contribution is 2.29. The molecule has 0 aromatic carbocycles. The van der Waals surface area contributed by atoms with Gasteiger partial charge in [0.1, 0.15) is 0 Å². The molecular formula is C15H24N2O2. The summed E-state index contributed by atoms with van der Waals surface area (Å²) in [6.07, 6.45) is 11.9. The summed E-state index contributed by atoms with van der Waals surface area (Å²) in [5.41, 5.74) is 0.988. The number of rotatable bonds is 3. The van der Waals surface area contributed by atoms with E-state index in [9.17, 15) is 10.0 Å². The van der Waals surface area contributed by atoms with Crippen molar-refractivity contribution in [2.24, 2.45) is 0 Å². The summed E-state index contributed by atoms with van der Waals surface area (Å²) in [7, 11) is 0. The minimum absolute atomic E-state index is 0.287. The Kier molecular flexibility index (Phi) is 4.64. The van der Waals surface area contributed by atoms with Crippen molar-refractivity contribution in [3.05, 3.63) is 24.0 Å². The molecule has 19 heavy (non-hydrogen) atoms. The number of hydrogen-bond acceptors (Lipinski definition) is 2. The van der Waals surface area contributed by atoms with Crippen molar-refractivity contribution in [1.29, 1.82) is 0 Å². The lowest BCUT2D eigenvalue weighted by atomic mass is 10.1. The SMILES string of the molecule is CC(=O)N(O)C(C)c1ccn(C2CCCCCC2)c1. The first-order valence-corrected chi connectivity index (χ1v) is 7.25. The van der Waals surface area contributed by atoms with Crippen LogP contribution in [0, 0.1) is 0 Å². The van der Waals surface area contributed by atoms with Gasteiger partial charge in [-0.2, -0.15) is 0 Å². The van der Waals surface area contributed by atoms with Crippen molar-refractivity contribution in [2.45, 2.75) is 64.5 Å². The van der Waals surface area contributed by atoms with Gasteiger partial charge in [0.2, 0.25) is 5.91 Å². The number of carbonyl (C=O) groups is 1. The van der Waals surface area contributed by atoms with Crippen molar-refractivity contribution >= 4 is 5.91 Å². The Morgan fingerprint density at radius 1 is 1.37 bits per heavy atom. The third kappa shape index (κ3) is 3.38. The first-order chi connectivity index (χ1) is 9.09. The summed E-state index contributed by atoms with van der Waals surface area (Å²) in [5, 5.41) is 10.5. The Labute approximate surface area is 115 Å². The minimum Gasteiger partial charge on any atom is -0.351 e. The second kappa shape index (κ2) is 6.24. The van der Waals surface area contributed by atoms with Gasteiger partial charge in [0.15, 0.2) is 0 Å². The van der Waals surface area contributed by atoms with Crippen molar-refractivity contribution in [1.82, 2.24) is 9.63 Å². The molecular weight excluding hydrogens is 240 g/mol. The van der Waals surface area contributed by atoms with E-state index in [2.05, 4.69) is 17.0 Å². The summed E-state index contributed by atoms with van der Waals surface area (Å²) in [4.78, 5) is 11.2. The first kappa shape index (κ1) is 14.1. The standard InChI is InChI=1S/C15H24N2O2/c1-12(17(19)13(2)18)14-9-10-16(11-14)15-7-5-3-4-6-8-15/h9-12,15,19H,3-8H2,1-2H3. The molecule has 2 rings (SSSR count). The molecule has 1 aromatic rings. The van der Waals surface area contributed by atoms with Gasteiger partial charge in [-0.15, -0.1) is 0 Å². The maximum atomic E-state index is 11.2. The molecule has 4 nitrogen and oxygen atoms in total. The average Bonchev–Trinajstić information content (AvgIpc) is 2.72. The van der Waals surface area contributed by atoms with E-state index in [0.29, 0.717) is 6.04 Å². The highest BCUT2D eigenvalue weighted by molar-refractivity contribution is 5.72. The molecule has 0 aliphatic heterocycles. The van der Waals surface area contributed by atoms with Crippen LogP contribution in [0.15, 0.2) is 18.5 Å². The van der Waals surface area contributed by atoms with Crippen LogP contribution in [0.1, 0.15) is 70.0 Å². The van der Waals surface area contributed by atoms with Crippen molar-refractivity contribution in [3.63, 3.8) is 0 Å². The molecule has 1 heterocycles. The number of hydrogen-bond donors (Lipinski definition) is 1. The van der Waals surface area contributed by atoms with Gasteiger partial charge < -0.3 is 4.57 Å². The minimum atomic E-state index is -0.324. The van der Waals surface area contributed by atoms with Crippen molar-refractivity contribution < 1.29 is 10.0 Å². The monoisotopic (exact) mass is 264 g/mol. The van der Waals surface area contributed by atoms with E-state index in [1.165, 1.54) is 45.4 Å². The maximum absolute atomic E-state index is 11.2. The van der Waals surface area contributed by atoms with Crippen LogP contribution in [-0.4, -0.2) is 20.7 Å². The van der Waals surface area contributed by atoms with Crippen LogP contribution >= 0.6 is 0 Å². The summed E-state index contributed by atoms with van der Waals surface area (Å²) in [5.74, 6) is -0.324. The Bertz CT molecular complexity index is 420. The lowest BCUT2D eigenvalue weighted by Crippen LogP contribution is -2.27. The summed E-state index contributed by atoms with van der Waals surface area (Å²) < 4.78 is 2.26. The molecule has 1 amide bonds. The zero-order valence-electron chi connectivity index (χ0n) is 11.9. The van der Waals surface area contributed by atoms with E-state index in [1.807, 2.05) is 13.0 Å². The van der Waals surface area contributed by atoms with Gasteiger partial charge >= 0.3 is 0 Å². The molecule has 1 aliphatic carbocycles. The molecule has 1 N–H and O–H groups in total. The Balaban J connectivity index is 2.07. The Morgan fingerprint density at radius 2 is 2.00 bits per heavy atom. The second-order valence-corrected chi connectivity index (χ2v) is 5.58. The van der Waals surface area contributed by atoms with E-state index in [1.54, 1.807) is 0 Å². The number of nitrogens with zero attached hydrogens (tertiary/aromatic N) is 2. The lowest BCUT2D eigenvalue weighted by Gasteiger charge is -2.20. The van der Waals surface area contributed by atoms with Gasteiger partial charge in [0.25, 0.3) is 0 Å². The van der Waals surface area contributed by atoms with Crippen LogP contribution in [0.25, 0.3) is 0 Å². The van der Waals surface area contributed by atoms with Gasteiger partial charge in [0.05, 0.1) is 6.04 Å². The fraction of sp³-hybridized carbons (Fsp3) is 0.667. The molecule has 0 spiro atoms. The molecule has 4 heteroatoms. The lowest BCUT2D eigenvalue weighted by molar-refractivity contribution is -0.172. The number of amides is 1. The topological polar surface area (TPSA) is 45.5 Å². The summed E-state index contributed by atoms with van der Waals surface area (Å²) in [6.45, 7) is 3.22. The van der Waals surface area contributed by atoms with Crippen LogP contribution in [0.5, 0.6) is 0 Å². The molecule has 106 valence electrons. The van der Waals surface area contributed by atoms with Crippen LogP contribution in [0.3, 0.4) is 0 Å². The van der Waals surface area contributed by atoms with E-state index >= 15 is 0 Å². The van der Waals surface area contributed by atoms with E-state index in [-0.39, 0.29) is 11.9 Å². The first-order valence-electron chi connectivity index (χ1n) is 7.25. The highest BCUT2D eigenvalue weighted by Gasteiger charge is 2.19. The second-order valence-electron chi connectivity index (χ2n) is 5.58. The third-order valence-corrected chi connectivity index (χ3v) is 4.16. The zero-order valence-corrected chi connectivity index (χ0v) is 11.9. The quantitative estimate of drug-likeness (QED) is 0.514. The van der Waals surface area contributed by atoms with Crippen LogP contribution in [0.4, 0.5) is 0 Å². The highest BCUT2D eigenvalue weighted by atomic mass is 16.5. The molecule has 1 unspecified atom stereocenters. The predicted molar refractivity (Wildman–Crippen MR) is 73.9 cm³/mol. The van der Waals surface area contributed by atoms with Gasteiger partial charge in [-0.1, -0.05) is 25.7 Å². The molecule has 0 bridgehead atoms. The molecule has 0 radical (unpaired) electrons. The van der Waals surface area contributed by atoms with Crippen LogP contribution in [-0.2, 0) is 4.79 Å². The van der Waals surface area contributed by atoms with E-state index < -0.39 is 0 Å². The molecule has 1 fully saturated rings. The predicted octanol–water partition coefficient (Wildman–Crippen LogP) is 3.68. The number of aromatic nitrogens is 1. The zero-order chi connectivity index (χ0) is 13.8. The molecule has 1 aliphatic rings. The number of hydroxylamine groups is 2.